The van der Waals surface area contributed by atoms with Gasteiger partial charge in [-0.05, 0) is 32.4 Å². The first-order valence-corrected chi connectivity index (χ1v) is 7.69. The van der Waals surface area contributed by atoms with Crippen LogP contribution in [0, 0.1) is 0 Å². The minimum absolute atomic E-state index is 0.597. The number of hydrogen-bond donors (Lipinski definition) is 1. The monoisotopic (exact) mass is 284 g/mol. The molecule has 0 amide bonds. The SMILES string of the molecule is CCc1nn(C)c(CN2CCCNC(CC)C2)c1Cl. The lowest BCUT2D eigenvalue weighted by Crippen LogP contribution is -2.37. The van der Waals surface area contributed by atoms with Gasteiger partial charge in [0.05, 0.1) is 16.4 Å². The van der Waals surface area contributed by atoms with E-state index in [0.29, 0.717) is 6.04 Å². The zero-order valence-corrected chi connectivity index (χ0v) is 13.0. The van der Waals surface area contributed by atoms with Crippen LogP contribution in [0.3, 0.4) is 0 Å². The molecule has 0 bridgehead atoms. The molecule has 0 aromatic carbocycles. The first-order chi connectivity index (χ1) is 9.15. The van der Waals surface area contributed by atoms with Gasteiger partial charge < -0.3 is 5.32 Å². The van der Waals surface area contributed by atoms with Gasteiger partial charge in [-0.1, -0.05) is 25.4 Å². The van der Waals surface area contributed by atoms with Crippen molar-refractivity contribution in [2.24, 2.45) is 7.05 Å². The van der Waals surface area contributed by atoms with Crippen molar-refractivity contribution in [1.29, 1.82) is 0 Å². The molecular formula is C14H25ClN4. The molecule has 0 spiro atoms. The highest BCUT2D eigenvalue weighted by Crippen LogP contribution is 2.22. The Hall–Kier alpha value is -0.580. The highest BCUT2D eigenvalue weighted by molar-refractivity contribution is 6.31. The lowest BCUT2D eigenvalue weighted by atomic mass is 10.2. The predicted molar refractivity (Wildman–Crippen MR) is 79.6 cm³/mol. The Balaban J connectivity index is 2.09. The van der Waals surface area contributed by atoms with E-state index in [1.807, 2.05) is 11.7 Å². The van der Waals surface area contributed by atoms with Crippen LogP contribution < -0.4 is 5.32 Å². The minimum Gasteiger partial charge on any atom is -0.313 e. The largest absolute Gasteiger partial charge is 0.313 e. The molecule has 0 aliphatic carbocycles. The Morgan fingerprint density at radius 3 is 2.84 bits per heavy atom. The molecule has 1 aliphatic rings. The molecule has 1 atom stereocenters. The van der Waals surface area contributed by atoms with Gasteiger partial charge in [0.25, 0.3) is 0 Å². The van der Waals surface area contributed by atoms with Crippen LogP contribution in [0.25, 0.3) is 0 Å². The number of hydrogen-bond acceptors (Lipinski definition) is 3. The van der Waals surface area contributed by atoms with E-state index in [4.69, 9.17) is 11.6 Å². The summed E-state index contributed by atoms with van der Waals surface area (Å²) in [6.07, 6.45) is 3.27. The molecule has 1 fully saturated rings. The van der Waals surface area contributed by atoms with E-state index in [1.165, 1.54) is 12.8 Å². The van der Waals surface area contributed by atoms with Crippen LogP contribution in [-0.2, 0) is 20.0 Å². The predicted octanol–water partition coefficient (Wildman–Crippen LogP) is 2.21. The van der Waals surface area contributed by atoms with Crippen molar-refractivity contribution in [2.45, 2.75) is 45.7 Å². The molecule has 2 heterocycles. The second-order valence-electron chi connectivity index (χ2n) is 5.33. The lowest BCUT2D eigenvalue weighted by molar-refractivity contribution is 0.251. The van der Waals surface area contributed by atoms with Gasteiger partial charge in [0, 0.05) is 26.2 Å². The van der Waals surface area contributed by atoms with Gasteiger partial charge in [-0.25, -0.2) is 0 Å². The van der Waals surface area contributed by atoms with Crippen LogP contribution >= 0.6 is 11.6 Å². The molecule has 4 nitrogen and oxygen atoms in total. The Bertz CT molecular complexity index is 416. The third-order valence-corrected chi connectivity index (χ3v) is 4.37. The van der Waals surface area contributed by atoms with Crippen molar-refractivity contribution < 1.29 is 0 Å². The molecular weight excluding hydrogens is 260 g/mol. The maximum absolute atomic E-state index is 6.43. The fraction of sp³-hybridized carbons (Fsp3) is 0.786. The van der Waals surface area contributed by atoms with Gasteiger partial charge in [0.1, 0.15) is 0 Å². The fourth-order valence-electron chi connectivity index (χ4n) is 2.70. The molecule has 0 saturated carbocycles. The van der Waals surface area contributed by atoms with Crippen LogP contribution in [0.5, 0.6) is 0 Å². The van der Waals surface area contributed by atoms with E-state index < -0.39 is 0 Å². The zero-order valence-electron chi connectivity index (χ0n) is 12.2. The van der Waals surface area contributed by atoms with Gasteiger partial charge in [-0.15, -0.1) is 0 Å². The highest BCUT2D eigenvalue weighted by Gasteiger charge is 2.20. The topological polar surface area (TPSA) is 33.1 Å². The summed E-state index contributed by atoms with van der Waals surface area (Å²) in [5.74, 6) is 0. The van der Waals surface area contributed by atoms with E-state index in [9.17, 15) is 0 Å². The highest BCUT2D eigenvalue weighted by atomic mass is 35.5. The number of aromatic nitrogens is 2. The Kier molecular flexibility index (Phi) is 5.25. The Labute approximate surface area is 121 Å². The molecule has 2 rings (SSSR count). The van der Waals surface area contributed by atoms with Crippen molar-refractivity contribution in [3.63, 3.8) is 0 Å². The number of nitrogens with one attached hydrogen (secondary N) is 1. The molecule has 1 aliphatic heterocycles. The van der Waals surface area contributed by atoms with Crippen LogP contribution in [0.2, 0.25) is 5.02 Å². The molecule has 1 aromatic heterocycles. The molecule has 108 valence electrons. The summed E-state index contributed by atoms with van der Waals surface area (Å²) >= 11 is 6.43. The number of aryl methyl sites for hydroxylation is 2. The maximum Gasteiger partial charge on any atom is 0.0863 e. The van der Waals surface area contributed by atoms with Gasteiger partial charge >= 0.3 is 0 Å². The quantitative estimate of drug-likeness (QED) is 0.920. The van der Waals surface area contributed by atoms with E-state index in [-0.39, 0.29) is 0 Å². The average molecular weight is 285 g/mol. The summed E-state index contributed by atoms with van der Waals surface area (Å²) in [6.45, 7) is 8.59. The summed E-state index contributed by atoms with van der Waals surface area (Å²) in [5.41, 5.74) is 2.16. The van der Waals surface area contributed by atoms with Crippen LogP contribution in [0.1, 0.15) is 38.1 Å². The molecule has 1 N–H and O–H groups in total. The maximum atomic E-state index is 6.43. The second kappa shape index (κ2) is 6.73. The Morgan fingerprint density at radius 2 is 2.21 bits per heavy atom. The third kappa shape index (κ3) is 3.50. The molecule has 1 unspecified atom stereocenters. The van der Waals surface area contributed by atoms with Crippen molar-refractivity contribution in [2.75, 3.05) is 19.6 Å². The first kappa shape index (κ1) is 14.8. The lowest BCUT2D eigenvalue weighted by Gasteiger charge is -2.23. The summed E-state index contributed by atoms with van der Waals surface area (Å²) < 4.78 is 1.94. The standard InChI is InChI=1S/C14H25ClN4/c1-4-11-9-19(8-6-7-16-11)10-13-14(15)12(5-2)17-18(13)3/h11,16H,4-10H2,1-3H3. The van der Waals surface area contributed by atoms with E-state index in [2.05, 4.69) is 29.2 Å². The van der Waals surface area contributed by atoms with Crippen LogP contribution in [0.4, 0.5) is 0 Å². The molecule has 19 heavy (non-hydrogen) atoms. The van der Waals surface area contributed by atoms with Crippen molar-refractivity contribution in [1.82, 2.24) is 20.0 Å². The molecule has 1 saturated heterocycles. The van der Waals surface area contributed by atoms with Gasteiger partial charge in [0.2, 0.25) is 0 Å². The Morgan fingerprint density at radius 1 is 1.42 bits per heavy atom. The molecule has 0 radical (unpaired) electrons. The third-order valence-electron chi connectivity index (χ3n) is 3.93. The number of halogens is 1. The van der Waals surface area contributed by atoms with E-state index in [0.717, 1.165) is 49.0 Å². The van der Waals surface area contributed by atoms with E-state index in [1.54, 1.807) is 0 Å². The molecule has 1 aromatic rings. The van der Waals surface area contributed by atoms with Crippen molar-refractivity contribution >= 4 is 11.6 Å². The summed E-state index contributed by atoms with van der Waals surface area (Å²) in [7, 11) is 1.99. The normalized spacial score (nSPS) is 21.6. The van der Waals surface area contributed by atoms with E-state index >= 15 is 0 Å². The first-order valence-electron chi connectivity index (χ1n) is 7.31. The minimum atomic E-state index is 0.597. The second-order valence-corrected chi connectivity index (χ2v) is 5.71. The summed E-state index contributed by atoms with van der Waals surface area (Å²) in [6, 6.07) is 0.597. The van der Waals surface area contributed by atoms with Gasteiger partial charge in [-0.3, -0.25) is 9.58 Å². The smallest absolute Gasteiger partial charge is 0.0863 e. The summed E-state index contributed by atoms with van der Waals surface area (Å²) in [5, 5.41) is 8.95. The fourth-order valence-corrected chi connectivity index (χ4v) is 3.05. The van der Waals surface area contributed by atoms with Crippen molar-refractivity contribution in [3.8, 4) is 0 Å². The number of nitrogens with zero attached hydrogens (tertiary/aromatic N) is 3. The van der Waals surface area contributed by atoms with Crippen LogP contribution in [-0.4, -0.2) is 40.4 Å². The van der Waals surface area contributed by atoms with Crippen LogP contribution in [0.15, 0.2) is 0 Å². The van der Waals surface area contributed by atoms with Gasteiger partial charge in [-0.2, -0.15) is 5.10 Å². The number of rotatable bonds is 4. The van der Waals surface area contributed by atoms with Gasteiger partial charge in [0.15, 0.2) is 0 Å². The average Bonchev–Trinajstić information content (AvgIpc) is 2.61. The molecule has 5 heteroatoms. The summed E-state index contributed by atoms with van der Waals surface area (Å²) in [4.78, 5) is 2.50. The van der Waals surface area contributed by atoms with Crippen molar-refractivity contribution in [3.05, 3.63) is 16.4 Å². The zero-order chi connectivity index (χ0) is 13.8.